The second-order valence-corrected chi connectivity index (χ2v) is 5.94. The molecular formula is C13H14N4S. The van der Waals surface area contributed by atoms with Gasteiger partial charge in [0.25, 0.3) is 0 Å². The molecule has 0 amide bonds. The molecule has 4 nitrogen and oxygen atoms in total. The summed E-state index contributed by atoms with van der Waals surface area (Å²) in [6.45, 7) is 0.891. The number of rotatable bonds is 2. The average molecular weight is 258 g/mol. The number of hydrogen-bond donors (Lipinski definition) is 1. The van der Waals surface area contributed by atoms with Crippen LogP contribution in [0.15, 0.2) is 18.2 Å². The van der Waals surface area contributed by atoms with Crippen LogP contribution in [0.25, 0.3) is 11.0 Å². The number of hydrogen-bond acceptors (Lipinski definition) is 4. The van der Waals surface area contributed by atoms with E-state index in [4.69, 9.17) is 11.0 Å². The number of nitriles is 1. The van der Waals surface area contributed by atoms with E-state index in [1.54, 1.807) is 6.07 Å². The zero-order valence-corrected chi connectivity index (χ0v) is 10.8. The molecule has 2 aromatic rings. The summed E-state index contributed by atoms with van der Waals surface area (Å²) in [5.74, 6) is 1.79. The Morgan fingerprint density at radius 1 is 1.56 bits per heavy atom. The molecule has 1 fully saturated rings. The first kappa shape index (κ1) is 11.4. The molecule has 1 atom stereocenters. The summed E-state index contributed by atoms with van der Waals surface area (Å²) in [4.78, 5) is 4.35. The Bertz CT molecular complexity index is 620. The van der Waals surface area contributed by atoms with Crippen LogP contribution in [0.3, 0.4) is 0 Å². The van der Waals surface area contributed by atoms with Crippen LogP contribution in [0.4, 0.5) is 5.95 Å². The third kappa shape index (κ3) is 1.93. The summed E-state index contributed by atoms with van der Waals surface area (Å²) in [6, 6.07) is 7.68. The maximum absolute atomic E-state index is 8.96. The predicted octanol–water partition coefficient (Wildman–Crippen LogP) is 2.39. The van der Waals surface area contributed by atoms with Crippen molar-refractivity contribution < 1.29 is 0 Å². The smallest absolute Gasteiger partial charge is 0.201 e. The molecule has 92 valence electrons. The molecule has 1 saturated heterocycles. The van der Waals surface area contributed by atoms with Crippen molar-refractivity contribution >= 4 is 28.7 Å². The van der Waals surface area contributed by atoms with Gasteiger partial charge in [0.1, 0.15) is 0 Å². The first-order chi connectivity index (χ1) is 8.78. The number of thioether (sulfide) groups is 1. The van der Waals surface area contributed by atoms with E-state index in [0.29, 0.717) is 16.8 Å². The van der Waals surface area contributed by atoms with Gasteiger partial charge in [-0.15, -0.1) is 0 Å². The summed E-state index contributed by atoms with van der Waals surface area (Å²) in [6.07, 6.45) is 2.52. The van der Waals surface area contributed by atoms with E-state index in [9.17, 15) is 0 Å². The summed E-state index contributed by atoms with van der Waals surface area (Å²) in [5.41, 5.74) is 8.48. The number of aromatic nitrogens is 2. The minimum Gasteiger partial charge on any atom is -0.369 e. The monoisotopic (exact) mass is 258 g/mol. The maximum atomic E-state index is 8.96. The van der Waals surface area contributed by atoms with Crippen molar-refractivity contribution in [2.75, 3.05) is 11.5 Å². The van der Waals surface area contributed by atoms with Crippen molar-refractivity contribution in [1.29, 1.82) is 5.26 Å². The normalized spacial score (nSPS) is 19.2. The van der Waals surface area contributed by atoms with Gasteiger partial charge in [-0.25, -0.2) is 4.98 Å². The molecule has 0 spiro atoms. The fraction of sp³-hybridized carbons (Fsp3) is 0.385. The molecule has 3 rings (SSSR count). The number of imidazole rings is 1. The fourth-order valence-corrected chi connectivity index (χ4v) is 3.65. The van der Waals surface area contributed by atoms with Crippen LogP contribution in [0.1, 0.15) is 18.4 Å². The third-order valence-electron chi connectivity index (χ3n) is 3.32. The van der Waals surface area contributed by atoms with Gasteiger partial charge in [0, 0.05) is 11.8 Å². The van der Waals surface area contributed by atoms with E-state index in [1.807, 2.05) is 28.5 Å². The zero-order valence-electron chi connectivity index (χ0n) is 9.97. The molecule has 1 aliphatic heterocycles. The lowest BCUT2D eigenvalue weighted by Crippen LogP contribution is -2.12. The molecule has 0 aliphatic carbocycles. The van der Waals surface area contributed by atoms with Crippen molar-refractivity contribution in [2.24, 2.45) is 0 Å². The largest absolute Gasteiger partial charge is 0.369 e. The van der Waals surface area contributed by atoms with E-state index >= 15 is 0 Å². The molecule has 18 heavy (non-hydrogen) atoms. The lowest BCUT2D eigenvalue weighted by atomic mass is 10.2. The predicted molar refractivity (Wildman–Crippen MR) is 74.3 cm³/mol. The van der Waals surface area contributed by atoms with Crippen LogP contribution in [-0.2, 0) is 6.54 Å². The van der Waals surface area contributed by atoms with Crippen LogP contribution in [-0.4, -0.2) is 20.6 Å². The van der Waals surface area contributed by atoms with Crippen LogP contribution < -0.4 is 5.73 Å². The quantitative estimate of drug-likeness (QED) is 0.898. The van der Waals surface area contributed by atoms with E-state index in [2.05, 4.69) is 11.1 Å². The molecule has 0 saturated carbocycles. The van der Waals surface area contributed by atoms with Crippen LogP contribution >= 0.6 is 11.8 Å². The van der Waals surface area contributed by atoms with Crippen molar-refractivity contribution in [3.8, 4) is 6.07 Å². The Balaban J connectivity index is 2.03. The highest BCUT2D eigenvalue weighted by molar-refractivity contribution is 8.00. The first-order valence-corrected chi connectivity index (χ1v) is 7.10. The Hall–Kier alpha value is -1.67. The number of fused-ring (bicyclic) bond motifs is 1. The van der Waals surface area contributed by atoms with Gasteiger partial charge in [-0.2, -0.15) is 17.0 Å². The topological polar surface area (TPSA) is 67.6 Å². The van der Waals surface area contributed by atoms with Crippen molar-refractivity contribution in [2.45, 2.75) is 24.6 Å². The minimum absolute atomic E-state index is 0.549. The fourth-order valence-electron chi connectivity index (χ4n) is 2.39. The van der Waals surface area contributed by atoms with Crippen LogP contribution in [0.2, 0.25) is 0 Å². The second kappa shape index (κ2) is 4.54. The van der Waals surface area contributed by atoms with Gasteiger partial charge in [0.2, 0.25) is 5.95 Å². The summed E-state index contributed by atoms with van der Waals surface area (Å²) in [7, 11) is 0. The van der Waals surface area contributed by atoms with Crippen molar-refractivity contribution in [3.63, 3.8) is 0 Å². The second-order valence-electron chi connectivity index (χ2n) is 4.53. The molecule has 1 unspecified atom stereocenters. The summed E-state index contributed by atoms with van der Waals surface area (Å²) < 4.78 is 2.04. The van der Waals surface area contributed by atoms with Gasteiger partial charge >= 0.3 is 0 Å². The van der Waals surface area contributed by atoms with Crippen molar-refractivity contribution in [1.82, 2.24) is 9.55 Å². The molecule has 1 aliphatic rings. The van der Waals surface area contributed by atoms with E-state index in [-0.39, 0.29) is 0 Å². The molecule has 0 radical (unpaired) electrons. The number of benzene rings is 1. The molecular weight excluding hydrogens is 244 g/mol. The van der Waals surface area contributed by atoms with E-state index < -0.39 is 0 Å². The van der Waals surface area contributed by atoms with Crippen LogP contribution in [0, 0.1) is 11.3 Å². The minimum atomic E-state index is 0.549. The van der Waals surface area contributed by atoms with Crippen molar-refractivity contribution in [3.05, 3.63) is 23.8 Å². The molecule has 1 aromatic carbocycles. The van der Waals surface area contributed by atoms with Gasteiger partial charge < -0.3 is 10.3 Å². The highest BCUT2D eigenvalue weighted by Crippen LogP contribution is 2.29. The lowest BCUT2D eigenvalue weighted by molar-refractivity contribution is 0.658. The lowest BCUT2D eigenvalue weighted by Gasteiger charge is -2.11. The van der Waals surface area contributed by atoms with Gasteiger partial charge in [-0.1, -0.05) is 0 Å². The molecule has 0 bridgehead atoms. The Morgan fingerprint density at radius 3 is 3.17 bits per heavy atom. The number of nitrogen functional groups attached to an aromatic ring is 1. The summed E-state index contributed by atoms with van der Waals surface area (Å²) in [5, 5.41) is 9.58. The Labute approximate surface area is 110 Å². The molecule has 2 N–H and O–H groups in total. The van der Waals surface area contributed by atoms with E-state index in [0.717, 1.165) is 17.6 Å². The van der Waals surface area contributed by atoms with Gasteiger partial charge in [-0.05, 0) is 36.8 Å². The number of nitrogens with zero attached hydrogens (tertiary/aromatic N) is 3. The zero-order chi connectivity index (χ0) is 12.5. The third-order valence-corrected chi connectivity index (χ3v) is 4.70. The molecule has 1 aromatic heterocycles. The highest BCUT2D eigenvalue weighted by Gasteiger charge is 2.18. The van der Waals surface area contributed by atoms with Crippen LogP contribution in [0.5, 0.6) is 0 Å². The molecule has 2 heterocycles. The van der Waals surface area contributed by atoms with Gasteiger partial charge in [-0.3, -0.25) is 0 Å². The molecule has 5 heteroatoms. The first-order valence-electron chi connectivity index (χ1n) is 6.05. The number of nitrogens with two attached hydrogens (primary N) is 1. The standard InChI is InChI=1S/C13H14N4S/c14-7-9-3-4-11-12(6-9)17(13(15)16-11)8-10-2-1-5-18-10/h3-4,6,10H,1-2,5,8H2,(H2,15,16). The Kier molecular flexibility index (Phi) is 2.88. The van der Waals surface area contributed by atoms with Gasteiger partial charge in [0.05, 0.1) is 22.7 Å². The maximum Gasteiger partial charge on any atom is 0.201 e. The van der Waals surface area contributed by atoms with Gasteiger partial charge in [0.15, 0.2) is 0 Å². The van der Waals surface area contributed by atoms with E-state index in [1.165, 1.54) is 18.6 Å². The average Bonchev–Trinajstić information content (AvgIpc) is 2.99. The Morgan fingerprint density at radius 2 is 2.44 bits per heavy atom. The highest BCUT2D eigenvalue weighted by atomic mass is 32.2. The SMILES string of the molecule is N#Cc1ccc2nc(N)n(CC3CCCS3)c2c1. The summed E-state index contributed by atoms with van der Waals surface area (Å²) >= 11 is 2.00. The number of anilines is 1.